The molecule has 1 atom stereocenters. The van der Waals surface area contributed by atoms with E-state index in [2.05, 4.69) is 32.1 Å². The fourth-order valence-electron chi connectivity index (χ4n) is 4.49. The number of hydrogen-bond donors (Lipinski definition) is 6. The summed E-state index contributed by atoms with van der Waals surface area (Å²) in [7, 11) is 1.77. The van der Waals surface area contributed by atoms with Crippen LogP contribution in [0.1, 0.15) is 47.1 Å². The van der Waals surface area contributed by atoms with Gasteiger partial charge in [0.25, 0.3) is 0 Å². The van der Waals surface area contributed by atoms with E-state index < -0.39 is 24.5 Å². The van der Waals surface area contributed by atoms with Crippen molar-refractivity contribution in [3.8, 4) is 17.6 Å². The van der Waals surface area contributed by atoms with Gasteiger partial charge in [-0.3, -0.25) is 5.41 Å². The molecule has 4 rings (SSSR count). The molecule has 12 nitrogen and oxygen atoms in total. The van der Waals surface area contributed by atoms with Gasteiger partial charge < -0.3 is 36.0 Å². The van der Waals surface area contributed by atoms with Crippen molar-refractivity contribution >= 4 is 60.8 Å². The van der Waals surface area contributed by atoms with Crippen molar-refractivity contribution in [3.05, 3.63) is 76.1 Å². The average Bonchev–Trinajstić information content (AvgIpc) is 3.69. The summed E-state index contributed by atoms with van der Waals surface area (Å²) in [6, 6.07) is 12.1. The predicted molar refractivity (Wildman–Crippen MR) is 192 cm³/mol. The monoisotopic (exact) mass is 707 g/mol. The van der Waals surface area contributed by atoms with Crippen LogP contribution in [0.2, 0.25) is 0 Å². The van der Waals surface area contributed by atoms with Crippen molar-refractivity contribution in [1.82, 2.24) is 15.3 Å². The number of carboxylic acid groups (broad SMARTS) is 1. The van der Waals surface area contributed by atoms with Crippen molar-refractivity contribution in [3.63, 3.8) is 0 Å². The fraction of sp³-hybridized carbons (Fsp3) is 0.324. The van der Waals surface area contributed by atoms with E-state index in [-0.39, 0.29) is 54.2 Å². The largest absolute Gasteiger partial charge is 0.491 e. The second-order valence-corrected chi connectivity index (χ2v) is 12.9. The number of thiazole rings is 2. The Balaban J connectivity index is 1.49. The summed E-state index contributed by atoms with van der Waals surface area (Å²) in [5.74, 6) is 4.18. The van der Waals surface area contributed by atoms with E-state index in [1.165, 1.54) is 34.4 Å². The summed E-state index contributed by atoms with van der Waals surface area (Å²) < 4.78 is 21.1. The molecule has 0 saturated carbocycles. The molecule has 258 valence electrons. The van der Waals surface area contributed by atoms with E-state index in [1.54, 1.807) is 20.0 Å². The molecule has 0 bridgehead atoms. The molecule has 0 aliphatic carbocycles. The quantitative estimate of drug-likeness (QED) is 0.0411. The standard InChI is InChI=1S/C34H38FN7O5S2/c1-21(31(37)41-33-39-25-10-3-4-11-27(25)48-33)18-29(36)42(16-6-9-23(44)20-43)34-40-30(32(45)46)28(49-34)12-7-17-47-26-14-13-22(19-24(26)35)8-5-15-38-2/h3-4,10-11,13-14,18-19,23,36,38,43-44H,6-7,9,12,15-17,20H2,1-2H3,(H,45,46)(H2,37,39,41)/b21-18-,36-29?. The zero-order valence-corrected chi connectivity index (χ0v) is 28.7. The SMILES string of the molecule is CNCC#Cc1ccc(OCCCc2sc(N(CCCC(O)CO)C(=N)/C=C(/C)C(N)=Nc3nc4ccccc4s3)nc2C(=O)O)c(F)c1. The normalized spacial score (nSPS) is 12.4. The van der Waals surface area contributed by atoms with E-state index in [4.69, 9.17) is 15.9 Å². The van der Waals surface area contributed by atoms with Gasteiger partial charge in [-0.15, -0.1) is 11.3 Å². The van der Waals surface area contributed by atoms with Crippen LogP contribution in [0.5, 0.6) is 5.75 Å². The van der Waals surface area contributed by atoms with Gasteiger partial charge in [-0.1, -0.05) is 35.3 Å². The van der Waals surface area contributed by atoms with Gasteiger partial charge >= 0.3 is 5.97 Å². The number of nitrogens with zero attached hydrogens (tertiary/aromatic N) is 4. The minimum Gasteiger partial charge on any atom is -0.491 e. The lowest BCUT2D eigenvalue weighted by Crippen LogP contribution is -2.31. The van der Waals surface area contributed by atoms with Gasteiger partial charge in [0.1, 0.15) is 11.7 Å². The smallest absolute Gasteiger partial charge is 0.355 e. The molecule has 15 heteroatoms. The van der Waals surface area contributed by atoms with Crippen molar-refractivity contribution < 1.29 is 29.2 Å². The molecule has 0 aliphatic heterocycles. The third-order valence-electron chi connectivity index (χ3n) is 7.03. The zero-order chi connectivity index (χ0) is 35.3. The molecule has 0 spiro atoms. The Morgan fingerprint density at radius 1 is 1.24 bits per heavy atom. The third kappa shape index (κ3) is 10.6. The molecule has 49 heavy (non-hydrogen) atoms. The van der Waals surface area contributed by atoms with Gasteiger partial charge in [0.15, 0.2) is 22.4 Å². The Morgan fingerprint density at radius 3 is 2.76 bits per heavy atom. The summed E-state index contributed by atoms with van der Waals surface area (Å²) in [6.07, 6.45) is 1.88. The highest BCUT2D eigenvalue weighted by Gasteiger charge is 2.23. The first kappa shape index (κ1) is 37.1. The molecular weight excluding hydrogens is 670 g/mol. The molecule has 2 aromatic heterocycles. The van der Waals surface area contributed by atoms with Crippen molar-refractivity contribution in [1.29, 1.82) is 5.41 Å². The Morgan fingerprint density at radius 2 is 2.04 bits per heavy atom. The number of aryl methyl sites for hydroxylation is 1. The minimum absolute atomic E-state index is 0.0198. The van der Waals surface area contributed by atoms with Crippen molar-refractivity contribution in [2.75, 3.05) is 38.3 Å². The number of aromatic carboxylic acids is 1. The number of rotatable bonds is 16. The number of nitrogens with two attached hydrogens (primary N) is 1. The number of amidine groups is 2. The number of fused-ring (bicyclic) bond motifs is 1. The molecule has 4 aromatic rings. The first-order valence-electron chi connectivity index (χ1n) is 15.4. The Labute approximate surface area is 291 Å². The maximum atomic E-state index is 14.5. The number of aromatic nitrogens is 2. The van der Waals surface area contributed by atoms with E-state index in [0.717, 1.165) is 21.6 Å². The number of aliphatic hydroxyl groups is 2. The number of carbonyl (C=O) groups is 1. The van der Waals surface area contributed by atoms with Crippen LogP contribution < -0.4 is 20.7 Å². The molecule has 2 heterocycles. The van der Waals surface area contributed by atoms with E-state index in [0.29, 0.717) is 40.5 Å². The first-order chi connectivity index (χ1) is 23.6. The number of aliphatic imine (C=N–C) groups is 1. The molecule has 7 N–H and O–H groups in total. The van der Waals surface area contributed by atoms with E-state index in [9.17, 15) is 24.5 Å². The van der Waals surface area contributed by atoms with E-state index >= 15 is 0 Å². The van der Waals surface area contributed by atoms with Gasteiger partial charge in [-0.25, -0.2) is 24.1 Å². The number of para-hydroxylation sites is 1. The number of nitrogens with one attached hydrogen (secondary N) is 2. The molecule has 0 saturated heterocycles. The third-order valence-corrected chi connectivity index (χ3v) is 9.10. The van der Waals surface area contributed by atoms with Gasteiger partial charge in [-0.05, 0) is 81.6 Å². The number of hydrogen-bond acceptors (Lipinski definition) is 11. The van der Waals surface area contributed by atoms with Crippen LogP contribution in [0.4, 0.5) is 14.7 Å². The Bertz CT molecular complexity index is 1860. The molecular formula is C34H38FN7O5S2. The van der Waals surface area contributed by atoms with Crippen LogP contribution in [0, 0.1) is 23.1 Å². The van der Waals surface area contributed by atoms with Crippen molar-refractivity contribution in [2.24, 2.45) is 10.7 Å². The molecule has 0 radical (unpaired) electrons. The second-order valence-electron chi connectivity index (χ2n) is 10.8. The molecule has 0 fully saturated rings. The zero-order valence-electron chi connectivity index (χ0n) is 27.1. The average molecular weight is 708 g/mol. The highest BCUT2D eigenvalue weighted by molar-refractivity contribution is 7.22. The fourth-order valence-corrected chi connectivity index (χ4v) is 6.47. The summed E-state index contributed by atoms with van der Waals surface area (Å²) in [5, 5.41) is 41.6. The van der Waals surface area contributed by atoms with Gasteiger partial charge in [-0.2, -0.15) is 0 Å². The van der Waals surface area contributed by atoms with Crippen LogP contribution in [0.15, 0.2) is 59.1 Å². The number of benzene rings is 2. The van der Waals surface area contributed by atoms with Gasteiger partial charge in [0.05, 0.1) is 36.1 Å². The maximum absolute atomic E-state index is 14.5. The Kier molecular flexibility index (Phi) is 13.7. The summed E-state index contributed by atoms with van der Waals surface area (Å²) in [6.45, 7) is 2.12. The van der Waals surface area contributed by atoms with Crippen LogP contribution in [-0.4, -0.2) is 82.4 Å². The first-order valence-corrected chi connectivity index (χ1v) is 17.0. The van der Waals surface area contributed by atoms with E-state index in [1.807, 2.05) is 24.3 Å². The lowest BCUT2D eigenvalue weighted by atomic mass is 10.2. The van der Waals surface area contributed by atoms with Crippen LogP contribution in [-0.2, 0) is 6.42 Å². The van der Waals surface area contributed by atoms with Crippen LogP contribution in [0.25, 0.3) is 10.2 Å². The highest BCUT2D eigenvalue weighted by Crippen LogP contribution is 2.30. The topological polar surface area (TPSA) is 190 Å². The maximum Gasteiger partial charge on any atom is 0.355 e. The van der Waals surface area contributed by atoms with Gasteiger partial charge in [0, 0.05) is 17.0 Å². The summed E-state index contributed by atoms with van der Waals surface area (Å²) in [5.41, 5.74) is 7.94. The lowest BCUT2D eigenvalue weighted by Gasteiger charge is -2.21. The van der Waals surface area contributed by atoms with Crippen LogP contribution >= 0.6 is 22.7 Å². The lowest BCUT2D eigenvalue weighted by molar-refractivity contribution is 0.0690. The Hall–Kier alpha value is -4.72. The second kappa shape index (κ2) is 18.2. The summed E-state index contributed by atoms with van der Waals surface area (Å²) >= 11 is 2.51. The van der Waals surface area contributed by atoms with Crippen molar-refractivity contribution in [2.45, 2.75) is 38.7 Å². The molecule has 0 aliphatic rings. The van der Waals surface area contributed by atoms with Gasteiger partial charge in [0.2, 0.25) is 5.13 Å². The molecule has 0 amide bonds. The minimum atomic E-state index is -1.22. The number of halogens is 1. The van der Waals surface area contributed by atoms with Crippen LogP contribution in [0.3, 0.4) is 0 Å². The molecule has 2 aromatic carbocycles. The summed E-state index contributed by atoms with van der Waals surface area (Å²) in [4.78, 5) is 27.4. The number of anilines is 1. The molecule has 1 unspecified atom stereocenters. The number of ether oxygens (including phenoxy) is 1. The highest BCUT2D eigenvalue weighted by atomic mass is 32.1. The predicted octanol–water partition coefficient (Wildman–Crippen LogP) is 4.72. The number of carboxylic acids is 1. The number of aliphatic hydroxyl groups excluding tert-OH is 2.